The number of rotatable bonds is 4. The molecule has 3 atom stereocenters. The minimum Gasteiger partial charge on any atom is -0.494 e. The molecule has 1 fully saturated rings. The van der Waals surface area contributed by atoms with Crippen molar-refractivity contribution in [1.29, 1.82) is 0 Å². The number of carbonyl (C=O) groups is 1. The van der Waals surface area contributed by atoms with E-state index in [1.165, 1.54) is 37.6 Å². The number of aryl methyl sites for hydroxylation is 1. The number of ether oxygens (including phenoxy) is 2. The van der Waals surface area contributed by atoms with Crippen LogP contribution in [0.3, 0.4) is 0 Å². The van der Waals surface area contributed by atoms with Gasteiger partial charge in [0.1, 0.15) is 16.9 Å². The molecule has 0 saturated heterocycles. The largest absolute Gasteiger partial charge is 0.494 e. The number of alkyl halides is 3. The number of carbonyl (C=O) groups excluding carboxylic acids is 1. The number of fused-ring (bicyclic) bond motifs is 1. The number of benzene rings is 2. The van der Waals surface area contributed by atoms with Crippen molar-refractivity contribution in [2.45, 2.75) is 43.9 Å². The predicted octanol–water partition coefficient (Wildman–Crippen LogP) is 5.14. The van der Waals surface area contributed by atoms with Crippen molar-refractivity contribution in [2.24, 2.45) is 5.92 Å². The number of nitrogens with zero attached hydrogens (tertiary/aromatic N) is 5. The molecule has 3 heterocycles. The van der Waals surface area contributed by atoms with Gasteiger partial charge in [0, 0.05) is 30.4 Å². The van der Waals surface area contributed by atoms with E-state index in [9.17, 15) is 22.4 Å². The molecular formula is C26H21F4N5O4. The molecular weight excluding hydrogens is 522 g/mol. The minimum absolute atomic E-state index is 0.0407. The number of halogens is 4. The summed E-state index contributed by atoms with van der Waals surface area (Å²) in [5.41, 5.74) is 1.68. The lowest BCUT2D eigenvalue weighted by Gasteiger charge is -2.33. The molecule has 1 aliphatic carbocycles. The molecule has 1 aliphatic heterocycles. The van der Waals surface area contributed by atoms with E-state index in [4.69, 9.17) is 13.9 Å². The van der Waals surface area contributed by atoms with Crippen LogP contribution in [0.2, 0.25) is 0 Å². The van der Waals surface area contributed by atoms with Crippen molar-refractivity contribution in [3.8, 4) is 5.69 Å². The second-order valence-corrected chi connectivity index (χ2v) is 9.69. The Bertz CT molecular complexity index is 1610. The summed E-state index contributed by atoms with van der Waals surface area (Å²) in [5, 5.41) is 9.89. The molecule has 1 unspecified atom stereocenters. The summed E-state index contributed by atoms with van der Waals surface area (Å²) in [7, 11) is 1.32. The molecule has 2 aromatic carbocycles. The Kier molecular flexibility index (Phi) is 5.70. The van der Waals surface area contributed by atoms with E-state index < -0.39 is 41.2 Å². The minimum atomic E-state index is -4.78. The Hall–Kier alpha value is -4.29. The molecule has 9 nitrogen and oxygen atoms in total. The topological polar surface area (TPSA) is 105 Å². The summed E-state index contributed by atoms with van der Waals surface area (Å²) in [5.74, 6) is -2.75. The maximum atomic E-state index is 13.7. The molecule has 2 aliphatic rings. The van der Waals surface area contributed by atoms with Crippen molar-refractivity contribution < 1.29 is 36.2 Å². The normalized spacial score (nSPS) is 22.9. The first kappa shape index (κ1) is 25.0. The van der Waals surface area contributed by atoms with Crippen LogP contribution in [0, 0.1) is 18.7 Å². The molecule has 202 valence electrons. The van der Waals surface area contributed by atoms with E-state index in [1.54, 1.807) is 19.1 Å². The molecule has 1 spiro atoms. The van der Waals surface area contributed by atoms with Crippen LogP contribution in [-0.2, 0) is 20.4 Å². The standard InChI is InChI=1S/C26H21F4N5O4/c1-13-31-20-10-17(35-24(26(28,29)30)32-33-34-35)9-19(22(20)39-13)15-11-25(38-12-15)8-7-18(23(36)37-2)21(25)14-3-5-16(27)6-4-14/h3-6,9-10,12,18,21H,7-8,11H2,1-2H3/t18?,21-,25-/m1/s1. The van der Waals surface area contributed by atoms with Gasteiger partial charge in [-0.2, -0.15) is 17.9 Å². The number of oxazole rings is 1. The molecule has 0 radical (unpaired) electrons. The first-order valence-electron chi connectivity index (χ1n) is 12.1. The highest BCUT2D eigenvalue weighted by molar-refractivity contribution is 5.90. The fourth-order valence-electron chi connectivity index (χ4n) is 5.81. The Morgan fingerprint density at radius 3 is 2.69 bits per heavy atom. The zero-order chi connectivity index (χ0) is 27.5. The number of methoxy groups -OCH3 is 1. The van der Waals surface area contributed by atoms with Gasteiger partial charge in [-0.3, -0.25) is 4.79 Å². The number of esters is 1. The van der Waals surface area contributed by atoms with E-state index in [0.29, 0.717) is 52.1 Å². The van der Waals surface area contributed by atoms with Gasteiger partial charge in [-0.25, -0.2) is 9.37 Å². The van der Waals surface area contributed by atoms with E-state index in [2.05, 4.69) is 20.5 Å². The summed E-state index contributed by atoms with van der Waals surface area (Å²) in [6.45, 7) is 1.63. The summed E-state index contributed by atoms with van der Waals surface area (Å²) >= 11 is 0. The summed E-state index contributed by atoms with van der Waals surface area (Å²) in [6.07, 6.45) is -1.96. The number of aromatic nitrogens is 5. The summed E-state index contributed by atoms with van der Waals surface area (Å²) in [4.78, 5) is 17.0. The van der Waals surface area contributed by atoms with Gasteiger partial charge < -0.3 is 13.9 Å². The first-order valence-corrected chi connectivity index (χ1v) is 12.1. The van der Waals surface area contributed by atoms with Crippen LogP contribution in [0.1, 0.15) is 48.0 Å². The Labute approximate surface area is 218 Å². The second-order valence-electron chi connectivity index (χ2n) is 9.69. The van der Waals surface area contributed by atoms with Crippen LogP contribution in [0.5, 0.6) is 0 Å². The van der Waals surface area contributed by atoms with Gasteiger partial charge in [-0.15, -0.1) is 5.10 Å². The highest BCUT2D eigenvalue weighted by Gasteiger charge is 2.56. The lowest BCUT2D eigenvalue weighted by atomic mass is 9.77. The third kappa shape index (κ3) is 4.12. The van der Waals surface area contributed by atoms with E-state index in [1.807, 2.05) is 0 Å². The highest BCUT2D eigenvalue weighted by atomic mass is 19.4. The molecule has 39 heavy (non-hydrogen) atoms. The number of hydrogen-bond acceptors (Lipinski definition) is 8. The van der Waals surface area contributed by atoms with Gasteiger partial charge in [0.2, 0.25) is 0 Å². The fourth-order valence-corrected chi connectivity index (χ4v) is 5.81. The van der Waals surface area contributed by atoms with Crippen molar-refractivity contribution >= 4 is 22.6 Å². The second kappa shape index (κ2) is 8.89. The first-order chi connectivity index (χ1) is 18.6. The van der Waals surface area contributed by atoms with Crippen molar-refractivity contribution in [3.05, 3.63) is 71.3 Å². The van der Waals surface area contributed by atoms with Gasteiger partial charge in [-0.1, -0.05) is 12.1 Å². The number of tetrazole rings is 1. The van der Waals surface area contributed by atoms with Crippen molar-refractivity contribution in [1.82, 2.24) is 25.2 Å². The van der Waals surface area contributed by atoms with E-state index in [0.717, 1.165) is 5.56 Å². The third-order valence-electron chi connectivity index (χ3n) is 7.40. The summed E-state index contributed by atoms with van der Waals surface area (Å²) < 4.78 is 72.2. The zero-order valence-corrected chi connectivity index (χ0v) is 20.7. The van der Waals surface area contributed by atoms with Crippen LogP contribution >= 0.6 is 0 Å². The van der Waals surface area contributed by atoms with E-state index >= 15 is 0 Å². The monoisotopic (exact) mass is 543 g/mol. The SMILES string of the molecule is COC(=O)C1CC[C@@]2(CC(c3cc(-n4nnnc4C(F)(F)F)cc4nc(C)oc34)=CO2)[C@@H]1c1ccc(F)cc1. The number of hydrogen-bond donors (Lipinski definition) is 0. The van der Waals surface area contributed by atoms with Gasteiger partial charge in [-0.05, 0) is 53.1 Å². The van der Waals surface area contributed by atoms with Crippen molar-refractivity contribution in [2.75, 3.05) is 7.11 Å². The summed E-state index contributed by atoms with van der Waals surface area (Å²) in [6, 6.07) is 8.81. The quantitative estimate of drug-likeness (QED) is 0.258. The van der Waals surface area contributed by atoms with Gasteiger partial charge in [0.15, 0.2) is 11.5 Å². The molecule has 6 rings (SSSR count). The van der Waals surface area contributed by atoms with Crippen LogP contribution in [0.25, 0.3) is 22.4 Å². The predicted molar refractivity (Wildman–Crippen MR) is 127 cm³/mol. The smallest absolute Gasteiger partial charge is 0.453 e. The maximum Gasteiger partial charge on any atom is 0.453 e. The molecule has 0 N–H and O–H groups in total. The Balaban J connectivity index is 1.43. The van der Waals surface area contributed by atoms with Gasteiger partial charge in [0.25, 0.3) is 5.82 Å². The van der Waals surface area contributed by atoms with Crippen LogP contribution in [-0.4, -0.2) is 43.9 Å². The van der Waals surface area contributed by atoms with E-state index in [-0.39, 0.29) is 5.69 Å². The zero-order valence-electron chi connectivity index (χ0n) is 20.7. The molecule has 2 aromatic heterocycles. The molecule has 1 saturated carbocycles. The Morgan fingerprint density at radius 2 is 1.97 bits per heavy atom. The Morgan fingerprint density at radius 1 is 1.21 bits per heavy atom. The van der Waals surface area contributed by atoms with Gasteiger partial charge >= 0.3 is 12.1 Å². The van der Waals surface area contributed by atoms with Gasteiger partial charge in [0.05, 0.1) is 25.0 Å². The van der Waals surface area contributed by atoms with Crippen LogP contribution in [0.15, 0.2) is 47.1 Å². The lowest BCUT2D eigenvalue weighted by Crippen LogP contribution is -2.35. The molecule has 4 aromatic rings. The molecule has 0 amide bonds. The lowest BCUT2D eigenvalue weighted by molar-refractivity contribution is -0.147. The average Bonchev–Trinajstić information content (AvgIpc) is 3.69. The average molecular weight is 543 g/mol. The fraction of sp³-hybridized carbons (Fsp3) is 0.346. The molecule has 0 bridgehead atoms. The maximum absolute atomic E-state index is 13.7. The third-order valence-corrected chi connectivity index (χ3v) is 7.40. The van der Waals surface area contributed by atoms with Crippen LogP contribution in [0.4, 0.5) is 17.6 Å². The highest BCUT2D eigenvalue weighted by Crippen LogP contribution is 2.56. The van der Waals surface area contributed by atoms with Crippen molar-refractivity contribution in [3.63, 3.8) is 0 Å². The van der Waals surface area contributed by atoms with Crippen LogP contribution < -0.4 is 0 Å². The molecule has 13 heteroatoms.